The topological polar surface area (TPSA) is 62.5 Å². The van der Waals surface area contributed by atoms with Gasteiger partial charge in [-0.25, -0.2) is 18.3 Å². The van der Waals surface area contributed by atoms with Crippen molar-refractivity contribution in [2.24, 2.45) is 0 Å². The summed E-state index contributed by atoms with van der Waals surface area (Å²) in [7, 11) is 0. The quantitative estimate of drug-likeness (QED) is 0.394. The van der Waals surface area contributed by atoms with Crippen molar-refractivity contribution >= 4 is 5.65 Å². The van der Waals surface area contributed by atoms with Crippen LogP contribution in [-0.4, -0.2) is 14.6 Å². The van der Waals surface area contributed by atoms with Crippen molar-refractivity contribution in [3.63, 3.8) is 0 Å². The van der Waals surface area contributed by atoms with Crippen LogP contribution in [0.4, 0.5) is 8.78 Å². The van der Waals surface area contributed by atoms with Crippen LogP contribution in [0.5, 0.6) is 17.4 Å². The fourth-order valence-corrected chi connectivity index (χ4v) is 3.57. The summed E-state index contributed by atoms with van der Waals surface area (Å²) < 4.78 is 34.8. The van der Waals surface area contributed by atoms with Crippen LogP contribution >= 0.6 is 0 Å². The molecule has 0 aliphatic rings. The molecule has 8 heteroatoms. The van der Waals surface area contributed by atoms with E-state index in [1.807, 2.05) is 30.3 Å². The molecule has 0 atom stereocenters. The molecular weight excluding hydrogens is 435 g/mol. The molecule has 0 saturated heterocycles. The summed E-state index contributed by atoms with van der Waals surface area (Å²) in [6.45, 7) is 1.65. The molecule has 0 bridgehead atoms. The number of rotatable bonds is 4. The Kier molecular flexibility index (Phi) is 6.47. The van der Waals surface area contributed by atoms with E-state index in [2.05, 4.69) is 10.1 Å². The molecule has 5 aromatic rings. The first kappa shape index (κ1) is 22.9. The molecule has 0 fully saturated rings. The molecule has 0 spiro atoms. The second-order valence-electron chi connectivity index (χ2n) is 7.24. The Morgan fingerprint density at radius 2 is 1.58 bits per heavy atom. The predicted octanol–water partition coefficient (Wildman–Crippen LogP) is 2.52. The Labute approximate surface area is 210 Å². The fourth-order valence-electron chi connectivity index (χ4n) is 3.57. The molecule has 33 heavy (non-hydrogen) atoms. The zero-order valence-electron chi connectivity index (χ0n) is 17.9. The van der Waals surface area contributed by atoms with Crippen molar-refractivity contribution in [1.82, 2.24) is 14.6 Å². The molecule has 0 amide bonds. The van der Waals surface area contributed by atoms with Crippen LogP contribution in [-0.2, 0) is 0 Å². The molecule has 2 heterocycles. The van der Waals surface area contributed by atoms with Crippen molar-refractivity contribution in [2.45, 2.75) is 6.92 Å². The van der Waals surface area contributed by atoms with Gasteiger partial charge in [-0.3, -0.25) is 0 Å². The van der Waals surface area contributed by atoms with Crippen molar-refractivity contribution < 1.29 is 48.2 Å². The number of benzene rings is 3. The van der Waals surface area contributed by atoms with E-state index >= 15 is 0 Å². The maximum atomic E-state index is 14.5. The number of halogens is 2. The van der Waals surface area contributed by atoms with Gasteiger partial charge in [0.05, 0.1) is 17.0 Å². The van der Waals surface area contributed by atoms with Gasteiger partial charge in [-0.2, -0.15) is 5.10 Å². The maximum Gasteiger partial charge on any atom is 1.00 e. The molecular formula is C25H16F2N3NaO2. The Balaban J connectivity index is 0.00000259. The molecule has 5 rings (SSSR count). The first-order valence-corrected chi connectivity index (χ1v) is 9.86. The first-order chi connectivity index (χ1) is 15.5. The summed E-state index contributed by atoms with van der Waals surface area (Å²) in [5.74, 6) is -0.479. The zero-order chi connectivity index (χ0) is 22.2. The molecule has 0 unspecified atom stereocenters. The van der Waals surface area contributed by atoms with Gasteiger partial charge >= 0.3 is 29.6 Å². The third-order valence-electron chi connectivity index (χ3n) is 5.06. The van der Waals surface area contributed by atoms with Gasteiger partial charge in [-0.05, 0) is 67.4 Å². The summed E-state index contributed by atoms with van der Waals surface area (Å²) in [5.41, 5.74) is 2.22. The Morgan fingerprint density at radius 3 is 2.27 bits per heavy atom. The summed E-state index contributed by atoms with van der Waals surface area (Å²) in [6.07, 6.45) is 0. The number of hydrogen-bond donors (Lipinski definition) is 0. The van der Waals surface area contributed by atoms with Crippen LogP contribution in [0.15, 0.2) is 78.9 Å². The third kappa shape index (κ3) is 4.48. The molecule has 3 aromatic carbocycles. The van der Waals surface area contributed by atoms with E-state index in [0.29, 0.717) is 34.0 Å². The van der Waals surface area contributed by atoms with Gasteiger partial charge < -0.3 is 9.84 Å². The molecule has 2 aromatic heterocycles. The van der Waals surface area contributed by atoms with Gasteiger partial charge in [0.2, 0.25) is 0 Å². The van der Waals surface area contributed by atoms with Gasteiger partial charge in [0.1, 0.15) is 23.1 Å². The molecule has 0 saturated carbocycles. The minimum Gasteiger partial charge on any atom is -0.858 e. The second kappa shape index (κ2) is 9.31. The van der Waals surface area contributed by atoms with E-state index in [1.54, 1.807) is 31.2 Å². The van der Waals surface area contributed by atoms with Gasteiger partial charge in [0.25, 0.3) is 0 Å². The van der Waals surface area contributed by atoms with Crippen LogP contribution < -0.4 is 39.4 Å². The molecule has 0 N–H and O–H groups in total. The number of fused-ring (bicyclic) bond motifs is 1. The number of aryl methyl sites for hydroxylation is 1. The number of nitrogens with zero attached hydrogens (tertiary/aromatic N) is 3. The first-order valence-electron chi connectivity index (χ1n) is 9.86. The van der Waals surface area contributed by atoms with Crippen molar-refractivity contribution in [3.05, 3.63) is 96.2 Å². The van der Waals surface area contributed by atoms with Crippen LogP contribution in [0, 0.1) is 18.6 Å². The number of ether oxygens (including phenoxy) is 1. The van der Waals surface area contributed by atoms with Crippen LogP contribution in [0.25, 0.3) is 28.0 Å². The van der Waals surface area contributed by atoms with Crippen LogP contribution in [0.1, 0.15) is 5.69 Å². The van der Waals surface area contributed by atoms with E-state index in [0.717, 1.165) is 16.6 Å². The second-order valence-corrected chi connectivity index (χ2v) is 7.24. The fraction of sp³-hybridized carbons (Fsp3) is 0.0400. The van der Waals surface area contributed by atoms with E-state index in [4.69, 9.17) is 4.74 Å². The average Bonchev–Trinajstić information content (AvgIpc) is 3.11. The van der Waals surface area contributed by atoms with E-state index < -0.39 is 17.5 Å². The SMILES string of the molecule is Cc1nn2c([O-])cc(-c3ccc(Oc4ccccc4)cc3)nc2c1-c1ccc(F)cc1F.[Na+]. The molecule has 0 aliphatic heterocycles. The average molecular weight is 451 g/mol. The van der Waals surface area contributed by atoms with E-state index in [1.165, 1.54) is 12.1 Å². The molecule has 0 aliphatic carbocycles. The van der Waals surface area contributed by atoms with Crippen molar-refractivity contribution in [1.29, 1.82) is 0 Å². The van der Waals surface area contributed by atoms with Crippen molar-refractivity contribution in [3.8, 4) is 39.8 Å². The number of aromatic nitrogens is 3. The van der Waals surface area contributed by atoms with Crippen LogP contribution in [0.3, 0.4) is 0 Å². The molecule has 5 nitrogen and oxygen atoms in total. The number of hydrogen-bond acceptors (Lipinski definition) is 4. The molecule has 158 valence electrons. The van der Waals surface area contributed by atoms with Gasteiger partial charge in [-0.15, -0.1) is 0 Å². The maximum absolute atomic E-state index is 14.5. The largest absolute Gasteiger partial charge is 1.00 e. The van der Waals surface area contributed by atoms with Gasteiger partial charge in [0, 0.05) is 17.2 Å². The monoisotopic (exact) mass is 451 g/mol. The van der Waals surface area contributed by atoms with E-state index in [-0.39, 0.29) is 40.8 Å². The summed E-state index contributed by atoms with van der Waals surface area (Å²) >= 11 is 0. The summed E-state index contributed by atoms with van der Waals surface area (Å²) in [5, 5.41) is 16.9. The van der Waals surface area contributed by atoms with Gasteiger partial charge in [-0.1, -0.05) is 18.2 Å². The Morgan fingerprint density at radius 1 is 0.879 bits per heavy atom. The van der Waals surface area contributed by atoms with E-state index in [9.17, 15) is 13.9 Å². The third-order valence-corrected chi connectivity index (χ3v) is 5.06. The number of para-hydroxylation sites is 1. The smallest absolute Gasteiger partial charge is 0.858 e. The Hall–Kier alpha value is -3.26. The minimum absolute atomic E-state index is 0. The van der Waals surface area contributed by atoms with Gasteiger partial charge in [0.15, 0.2) is 5.65 Å². The van der Waals surface area contributed by atoms with Crippen molar-refractivity contribution in [2.75, 3.05) is 0 Å². The Bertz CT molecular complexity index is 1440. The standard InChI is InChI=1S/C25H17F2N3O2.Na/c1-15-24(20-12-9-17(26)13-21(20)27)25-28-22(14-23(31)30(25)29-15)16-7-10-19(11-8-16)32-18-5-3-2-4-6-18;/h2-14,31H,1H3;/q;+1/p-1. The summed E-state index contributed by atoms with van der Waals surface area (Å²) in [4.78, 5) is 4.58. The van der Waals surface area contributed by atoms with Crippen LogP contribution in [0.2, 0.25) is 0 Å². The minimum atomic E-state index is -0.745. The normalized spacial score (nSPS) is 10.8. The zero-order valence-corrected chi connectivity index (χ0v) is 19.9. The molecule has 0 radical (unpaired) electrons. The summed E-state index contributed by atoms with van der Waals surface area (Å²) in [6, 6.07) is 21.2. The predicted molar refractivity (Wildman–Crippen MR) is 114 cm³/mol.